The summed E-state index contributed by atoms with van der Waals surface area (Å²) in [5.41, 5.74) is 2.33. The number of imidazole rings is 1. The van der Waals surface area contributed by atoms with Crippen molar-refractivity contribution in [3.05, 3.63) is 53.2 Å². The van der Waals surface area contributed by atoms with Gasteiger partial charge in [-0.15, -0.1) is 0 Å². The SMILES string of the molecule is CC(C)c1nc2cccnc2n1CCN1CCN(C(=O)Nc2ccc(F)c(Cl)c2)CC1. The first-order chi connectivity index (χ1) is 14.9. The number of piperazine rings is 1. The van der Waals surface area contributed by atoms with Crippen LogP contribution in [0.25, 0.3) is 11.2 Å². The summed E-state index contributed by atoms with van der Waals surface area (Å²) in [6, 6.07) is 7.88. The number of hydrogen-bond acceptors (Lipinski definition) is 4. The Kier molecular flexibility index (Phi) is 6.38. The lowest BCUT2D eigenvalue weighted by atomic mass is 10.2. The van der Waals surface area contributed by atoms with Gasteiger partial charge >= 0.3 is 6.03 Å². The number of rotatable bonds is 5. The summed E-state index contributed by atoms with van der Waals surface area (Å²) >= 11 is 5.79. The quantitative estimate of drug-likeness (QED) is 0.640. The van der Waals surface area contributed by atoms with Gasteiger partial charge in [-0.05, 0) is 30.3 Å². The molecule has 0 aliphatic carbocycles. The molecule has 0 saturated carbocycles. The predicted octanol–water partition coefficient (Wildman–Crippen LogP) is 4.20. The third kappa shape index (κ3) is 4.80. The van der Waals surface area contributed by atoms with Gasteiger partial charge in [0.2, 0.25) is 0 Å². The lowest BCUT2D eigenvalue weighted by molar-refractivity contribution is 0.144. The van der Waals surface area contributed by atoms with Crippen LogP contribution in [0.2, 0.25) is 5.02 Å². The van der Waals surface area contributed by atoms with E-state index in [9.17, 15) is 9.18 Å². The lowest BCUT2D eigenvalue weighted by Crippen LogP contribution is -2.50. The molecular weight excluding hydrogens is 419 g/mol. The van der Waals surface area contributed by atoms with E-state index < -0.39 is 5.82 Å². The van der Waals surface area contributed by atoms with E-state index in [0.717, 1.165) is 43.2 Å². The average Bonchev–Trinajstić information content (AvgIpc) is 3.14. The topological polar surface area (TPSA) is 66.3 Å². The van der Waals surface area contributed by atoms with Crippen molar-refractivity contribution < 1.29 is 9.18 Å². The number of carbonyl (C=O) groups excluding carboxylic acids is 1. The largest absolute Gasteiger partial charge is 0.322 e. The molecule has 1 N–H and O–H groups in total. The Morgan fingerprint density at radius 1 is 1.19 bits per heavy atom. The number of urea groups is 1. The molecule has 1 aliphatic heterocycles. The van der Waals surface area contributed by atoms with Crippen LogP contribution >= 0.6 is 11.6 Å². The first-order valence-electron chi connectivity index (χ1n) is 10.5. The highest BCUT2D eigenvalue weighted by Crippen LogP contribution is 2.21. The average molecular weight is 445 g/mol. The molecule has 0 atom stereocenters. The van der Waals surface area contributed by atoms with Gasteiger partial charge in [-0.25, -0.2) is 19.2 Å². The Morgan fingerprint density at radius 2 is 1.97 bits per heavy atom. The minimum Gasteiger partial charge on any atom is -0.322 e. The van der Waals surface area contributed by atoms with Crippen molar-refractivity contribution in [3.8, 4) is 0 Å². The standard InChI is InChI=1S/C22H26ClFN6O/c1-15(2)20-27-19-4-3-7-25-21(19)30(20)13-10-28-8-11-29(12-9-28)22(31)26-16-5-6-18(24)17(23)14-16/h3-7,14-15H,8-13H2,1-2H3,(H,26,31). The number of pyridine rings is 1. The van der Waals surface area contributed by atoms with E-state index in [1.54, 1.807) is 11.1 Å². The number of halogens is 2. The summed E-state index contributed by atoms with van der Waals surface area (Å²) in [4.78, 5) is 25.9. The fourth-order valence-electron chi connectivity index (χ4n) is 3.83. The molecule has 7 nitrogen and oxygen atoms in total. The molecule has 3 aromatic rings. The number of hydrogen-bond donors (Lipinski definition) is 1. The Labute approximate surface area is 185 Å². The van der Waals surface area contributed by atoms with E-state index in [4.69, 9.17) is 16.6 Å². The molecule has 0 unspecified atom stereocenters. The van der Waals surface area contributed by atoms with Gasteiger partial charge in [0, 0.05) is 57.1 Å². The Balaban J connectivity index is 1.32. The molecule has 9 heteroatoms. The van der Waals surface area contributed by atoms with Crippen LogP contribution in [0.3, 0.4) is 0 Å². The van der Waals surface area contributed by atoms with E-state index in [2.05, 4.69) is 33.6 Å². The Morgan fingerprint density at radius 3 is 2.68 bits per heavy atom. The van der Waals surface area contributed by atoms with Crippen LogP contribution < -0.4 is 5.32 Å². The molecule has 1 aliphatic rings. The number of nitrogens with one attached hydrogen (secondary N) is 1. The van der Waals surface area contributed by atoms with Crippen molar-refractivity contribution in [2.75, 3.05) is 38.0 Å². The normalized spacial score (nSPS) is 15.1. The van der Waals surface area contributed by atoms with E-state index in [1.807, 2.05) is 12.1 Å². The zero-order chi connectivity index (χ0) is 22.0. The van der Waals surface area contributed by atoms with Crippen LogP contribution in [0.5, 0.6) is 0 Å². The van der Waals surface area contributed by atoms with Gasteiger partial charge in [0.1, 0.15) is 17.2 Å². The van der Waals surface area contributed by atoms with E-state index in [0.29, 0.717) is 24.7 Å². The molecular formula is C22H26ClFN6O. The first-order valence-corrected chi connectivity index (χ1v) is 10.8. The van der Waals surface area contributed by atoms with Gasteiger partial charge in [-0.2, -0.15) is 0 Å². The highest BCUT2D eigenvalue weighted by Gasteiger charge is 2.22. The van der Waals surface area contributed by atoms with Gasteiger partial charge in [-0.1, -0.05) is 25.4 Å². The van der Waals surface area contributed by atoms with E-state index >= 15 is 0 Å². The minimum absolute atomic E-state index is 0.00935. The third-order valence-electron chi connectivity index (χ3n) is 5.52. The van der Waals surface area contributed by atoms with E-state index in [-0.39, 0.29) is 11.1 Å². The number of carbonyl (C=O) groups is 1. The van der Waals surface area contributed by atoms with Gasteiger partial charge in [0.15, 0.2) is 5.65 Å². The number of aromatic nitrogens is 3. The monoisotopic (exact) mass is 444 g/mol. The number of amides is 2. The summed E-state index contributed by atoms with van der Waals surface area (Å²) in [7, 11) is 0. The zero-order valence-corrected chi connectivity index (χ0v) is 18.4. The second-order valence-corrected chi connectivity index (χ2v) is 8.42. The second-order valence-electron chi connectivity index (χ2n) is 8.01. The Bertz CT molecular complexity index is 1080. The fourth-order valence-corrected chi connectivity index (χ4v) is 4.01. The molecule has 4 rings (SSSR count). The molecule has 2 aromatic heterocycles. The van der Waals surface area contributed by atoms with Crippen molar-refractivity contribution >= 4 is 34.5 Å². The minimum atomic E-state index is -0.505. The molecule has 31 heavy (non-hydrogen) atoms. The van der Waals surface area contributed by atoms with Crippen LogP contribution in [0.1, 0.15) is 25.6 Å². The van der Waals surface area contributed by atoms with Crippen molar-refractivity contribution in [1.82, 2.24) is 24.3 Å². The highest BCUT2D eigenvalue weighted by atomic mass is 35.5. The molecule has 0 bridgehead atoms. The van der Waals surface area contributed by atoms with Crippen molar-refractivity contribution in [3.63, 3.8) is 0 Å². The highest BCUT2D eigenvalue weighted by molar-refractivity contribution is 6.31. The van der Waals surface area contributed by atoms with Crippen LogP contribution in [0.4, 0.5) is 14.9 Å². The molecule has 1 aromatic carbocycles. The Hall–Kier alpha value is -2.71. The molecule has 3 heterocycles. The molecule has 1 saturated heterocycles. The van der Waals surface area contributed by atoms with Crippen LogP contribution in [0, 0.1) is 5.82 Å². The van der Waals surface area contributed by atoms with Crippen molar-refractivity contribution in [1.29, 1.82) is 0 Å². The number of fused-ring (bicyclic) bond motifs is 1. The van der Waals surface area contributed by atoms with Crippen molar-refractivity contribution in [2.24, 2.45) is 0 Å². The van der Waals surface area contributed by atoms with E-state index in [1.165, 1.54) is 18.2 Å². The second kappa shape index (κ2) is 9.20. The predicted molar refractivity (Wildman–Crippen MR) is 120 cm³/mol. The zero-order valence-electron chi connectivity index (χ0n) is 17.7. The third-order valence-corrected chi connectivity index (χ3v) is 5.81. The van der Waals surface area contributed by atoms with Crippen LogP contribution in [-0.4, -0.2) is 63.1 Å². The smallest absolute Gasteiger partial charge is 0.321 e. The maximum Gasteiger partial charge on any atom is 0.321 e. The number of anilines is 1. The van der Waals surface area contributed by atoms with Gasteiger partial charge < -0.3 is 14.8 Å². The number of benzene rings is 1. The van der Waals surface area contributed by atoms with Crippen LogP contribution in [-0.2, 0) is 6.54 Å². The summed E-state index contributed by atoms with van der Waals surface area (Å²) in [6.45, 7) is 8.78. The molecule has 1 fully saturated rings. The molecule has 0 spiro atoms. The summed E-state index contributed by atoms with van der Waals surface area (Å²) in [5, 5.41) is 2.78. The fraction of sp³-hybridized carbons (Fsp3) is 0.409. The van der Waals surface area contributed by atoms with Crippen LogP contribution in [0.15, 0.2) is 36.5 Å². The maximum absolute atomic E-state index is 13.3. The first kappa shape index (κ1) is 21.5. The maximum atomic E-state index is 13.3. The van der Waals surface area contributed by atoms with Gasteiger partial charge in [0.25, 0.3) is 0 Å². The van der Waals surface area contributed by atoms with Gasteiger partial charge in [0.05, 0.1) is 5.02 Å². The lowest BCUT2D eigenvalue weighted by Gasteiger charge is -2.34. The summed E-state index contributed by atoms with van der Waals surface area (Å²) < 4.78 is 15.5. The van der Waals surface area contributed by atoms with Gasteiger partial charge in [-0.3, -0.25) is 4.90 Å². The number of nitrogens with zero attached hydrogens (tertiary/aromatic N) is 5. The summed E-state index contributed by atoms with van der Waals surface area (Å²) in [5.74, 6) is 0.856. The summed E-state index contributed by atoms with van der Waals surface area (Å²) in [6.07, 6.45) is 1.80. The van der Waals surface area contributed by atoms with Crippen molar-refractivity contribution in [2.45, 2.75) is 26.3 Å². The molecule has 164 valence electrons. The molecule has 0 radical (unpaired) electrons. The molecule has 2 amide bonds.